The van der Waals surface area contributed by atoms with Crippen molar-refractivity contribution in [2.24, 2.45) is 0 Å². The summed E-state index contributed by atoms with van der Waals surface area (Å²) in [5.74, 6) is -2.07. The van der Waals surface area contributed by atoms with Crippen LogP contribution in [0.4, 0.5) is 14.9 Å². The summed E-state index contributed by atoms with van der Waals surface area (Å²) in [5, 5.41) is 19.5. The molecule has 2 N–H and O–H groups in total. The maximum Gasteiger partial charge on any atom is 0.409 e. The highest BCUT2D eigenvalue weighted by molar-refractivity contribution is 5.95. The Bertz CT molecular complexity index is 1100. The zero-order valence-electron chi connectivity index (χ0n) is 17.1. The third-order valence-electron chi connectivity index (χ3n) is 5.79. The van der Waals surface area contributed by atoms with Gasteiger partial charge in [0.2, 0.25) is 5.43 Å². The molecule has 0 atom stereocenters. The van der Waals surface area contributed by atoms with Crippen LogP contribution in [0.1, 0.15) is 41.7 Å². The van der Waals surface area contributed by atoms with Crippen molar-refractivity contribution in [1.82, 2.24) is 9.47 Å². The minimum atomic E-state index is -1.37. The highest BCUT2D eigenvalue weighted by Gasteiger charge is 2.31. The van der Waals surface area contributed by atoms with Crippen molar-refractivity contribution in [3.05, 3.63) is 39.4 Å². The smallest absolute Gasteiger partial charge is 0.409 e. The molecule has 2 heterocycles. The molecule has 10 heteroatoms. The van der Waals surface area contributed by atoms with E-state index >= 15 is 4.39 Å². The maximum absolute atomic E-state index is 15.2. The third kappa shape index (κ3) is 3.71. The van der Waals surface area contributed by atoms with Gasteiger partial charge in [-0.2, -0.15) is 0 Å². The highest BCUT2D eigenvalue weighted by Crippen LogP contribution is 2.40. The van der Waals surface area contributed by atoms with Crippen molar-refractivity contribution in [2.45, 2.75) is 32.4 Å². The molecular weight excluding hydrogens is 409 g/mol. The molecule has 9 nitrogen and oxygen atoms in total. The molecule has 1 saturated carbocycles. The molecule has 0 bridgehead atoms. The Hall–Kier alpha value is -3.14. The topological polar surface area (TPSA) is 112 Å². The number of aliphatic hydroxyl groups excluding tert-OH is 1. The van der Waals surface area contributed by atoms with E-state index in [1.165, 1.54) is 11.1 Å². The molecule has 1 aromatic carbocycles. The van der Waals surface area contributed by atoms with E-state index in [1.807, 2.05) is 0 Å². The first-order valence-electron chi connectivity index (χ1n) is 10.3. The van der Waals surface area contributed by atoms with Gasteiger partial charge >= 0.3 is 12.1 Å². The van der Waals surface area contributed by atoms with Crippen molar-refractivity contribution in [3.8, 4) is 0 Å². The Labute approximate surface area is 177 Å². The largest absolute Gasteiger partial charge is 0.477 e. The summed E-state index contributed by atoms with van der Waals surface area (Å²) >= 11 is 0. The van der Waals surface area contributed by atoms with Crippen molar-refractivity contribution < 1.29 is 28.9 Å². The molecule has 1 aliphatic heterocycles. The van der Waals surface area contributed by atoms with Gasteiger partial charge in [-0.25, -0.2) is 14.0 Å². The van der Waals surface area contributed by atoms with Gasteiger partial charge in [0, 0.05) is 49.4 Å². The summed E-state index contributed by atoms with van der Waals surface area (Å²) in [7, 11) is 0. The van der Waals surface area contributed by atoms with E-state index < -0.39 is 35.5 Å². The van der Waals surface area contributed by atoms with Crippen LogP contribution in [0.5, 0.6) is 0 Å². The molecule has 2 aromatic rings. The van der Waals surface area contributed by atoms with Gasteiger partial charge in [0.05, 0.1) is 24.4 Å². The van der Waals surface area contributed by atoms with Crippen molar-refractivity contribution >= 4 is 28.7 Å². The maximum atomic E-state index is 15.2. The van der Waals surface area contributed by atoms with Crippen LogP contribution in [0, 0.1) is 5.82 Å². The van der Waals surface area contributed by atoms with Crippen LogP contribution < -0.4 is 10.3 Å². The fourth-order valence-corrected chi connectivity index (χ4v) is 4.17. The normalized spacial score (nSPS) is 16.6. The molecule has 2 aliphatic rings. The number of pyridine rings is 1. The monoisotopic (exact) mass is 433 g/mol. The lowest BCUT2D eigenvalue weighted by atomic mass is 10.0. The van der Waals surface area contributed by atoms with E-state index in [9.17, 15) is 24.6 Å². The highest BCUT2D eigenvalue weighted by atomic mass is 19.1. The molecule has 2 fully saturated rings. The molecule has 1 saturated heterocycles. The van der Waals surface area contributed by atoms with Gasteiger partial charge in [0.25, 0.3) is 0 Å². The lowest BCUT2D eigenvalue weighted by Crippen LogP contribution is -2.49. The second-order valence-electron chi connectivity index (χ2n) is 7.73. The number of aromatic carboxylic acids is 1. The Kier molecular flexibility index (Phi) is 5.57. The minimum Gasteiger partial charge on any atom is -0.477 e. The number of anilines is 1. The average Bonchev–Trinajstić information content (AvgIpc) is 3.59. The lowest BCUT2D eigenvalue weighted by molar-refractivity contribution is 0.0694. The number of carbonyl (C=O) groups excluding carboxylic acids is 1. The summed E-state index contributed by atoms with van der Waals surface area (Å²) in [6.45, 7) is 2.79. The van der Waals surface area contributed by atoms with Gasteiger partial charge in [-0.05, 0) is 25.8 Å². The molecule has 1 amide bonds. The summed E-state index contributed by atoms with van der Waals surface area (Å²) in [6, 6.07) is 1.07. The molecule has 166 valence electrons. The second-order valence-corrected chi connectivity index (χ2v) is 7.73. The second kappa shape index (κ2) is 8.18. The predicted octanol–water partition coefficient (Wildman–Crippen LogP) is 1.94. The number of nitrogens with zero attached hydrogens (tertiary/aromatic N) is 3. The number of rotatable bonds is 5. The Morgan fingerprint density at radius 3 is 2.45 bits per heavy atom. The fraction of sp³-hybridized carbons (Fsp3) is 0.476. The van der Waals surface area contributed by atoms with Crippen LogP contribution in [0.25, 0.3) is 10.9 Å². The number of ether oxygens (including phenoxy) is 1. The quantitative estimate of drug-likeness (QED) is 0.741. The van der Waals surface area contributed by atoms with E-state index in [-0.39, 0.29) is 29.3 Å². The molecule has 31 heavy (non-hydrogen) atoms. The number of aliphatic hydroxyl groups is 1. The van der Waals surface area contributed by atoms with Crippen LogP contribution in [0.15, 0.2) is 17.1 Å². The molecular formula is C21H24FN3O6. The Morgan fingerprint density at radius 2 is 1.90 bits per heavy atom. The Morgan fingerprint density at radius 1 is 1.23 bits per heavy atom. The zero-order chi connectivity index (χ0) is 22.3. The summed E-state index contributed by atoms with van der Waals surface area (Å²) in [6.07, 6.45) is 2.50. The summed E-state index contributed by atoms with van der Waals surface area (Å²) in [4.78, 5) is 39.5. The van der Waals surface area contributed by atoms with Crippen LogP contribution in [-0.2, 0) is 11.3 Å². The molecule has 4 rings (SSSR count). The number of aromatic nitrogens is 1. The lowest BCUT2D eigenvalue weighted by Gasteiger charge is -2.36. The van der Waals surface area contributed by atoms with Crippen molar-refractivity contribution in [1.29, 1.82) is 0 Å². The Balaban J connectivity index is 1.81. The predicted molar refractivity (Wildman–Crippen MR) is 110 cm³/mol. The van der Waals surface area contributed by atoms with Gasteiger partial charge in [-0.3, -0.25) is 4.79 Å². The van der Waals surface area contributed by atoms with Crippen LogP contribution in [-0.4, -0.2) is 64.5 Å². The number of hydrogen-bond acceptors (Lipinski definition) is 6. The summed E-state index contributed by atoms with van der Waals surface area (Å²) < 4.78 is 21.9. The van der Waals surface area contributed by atoms with E-state index in [1.54, 1.807) is 16.4 Å². The van der Waals surface area contributed by atoms with Gasteiger partial charge in [-0.1, -0.05) is 0 Å². The van der Waals surface area contributed by atoms with E-state index in [2.05, 4.69) is 0 Å². The van der Waals surface area contributed by atoms with Gasteiger partial charge in [-0.15, -0.1) is 0 Å². The molecule has 0 unspecified atom stereocenters. The van der Waals surface area contributed by atoms with Gasteiger partial charge in [0.1, 0.15) is 11.4 Å². The number of benzene rings is 1. The van der Waals surface area contributed by atoms with Crippen molar-refractivity contribution in [3.63, 3.8) is 0 Å². The third-order valence-corrected chi connectivity index (χ3v) is 5.79. The number of halogens is 1. The first kappa shape index (κ1) is 21.1. The van der Waals surface area contributed by atoms with E-state index in [4.69, 9.17) is 4.74 Å². The van der Waals surface area contributed by atoms with Crippen LogP contribution in [0.2, 0.25) is 0 Å². The molecule has 1 aromatic heterocycles. The zero-order valence-corrected chi connectivity index (χ0v) is 17.1. The number of amides is 1. The van der Waals surface area contributed by atoms with Gasteiger partial charge in [0.15, 0.2) is 0 Å². The molecule has 0 spiro atoms. The average molecular weight is 433 g/mol. The number of carboxylic acids is 1. The standard InChI is InChI=1S/C21H24FN3O6/c1-2-31-21(30)24-7-5-23(6-8-24)18-15(11-26)17-13(9-16(18)22)19(27)14(20(28)29)10-25(17)12-3-4-12/h9-10,12,26H,2-8,11H2,1H3,(H,28,29). The molecule has 1 aliphatic carbocycles. The van der Waals surface area contributed by atoms with Crippen LogP contribution >= 0.6 is 0 Å². The summed E-state index contributed by atoms with van der Waals surface area (Å²) in [5.41, 5.74) is -0.398. The number of fused-ring (bicyclic) bond motifs is 1. The molecule has 0 radical (unpaired) electrons. The first-order chi connectivity index (χ1) is 14.9. The van der Waals surface area contributed by atoms with Crippen LogP contribution in [0.3, 0.4) is 0 Å². The van der Waals surface area contributed by atoms with E-state index in [0.717, 1.165) is 18.9 Å². The number of hydrogen-bond donors (Lipinski definition) is 2. The minimum absolute atomic E-state index is 0.00507. The number of piperazine rings is 1. The SMILES string of the molecule is CCOC(=O)N1CCN(c2c(F)cc3c(=O)c(C(=O)O)cn(C4CC4)c3c2CO)CC1. The number of carbonyl (C=O) groups is 2. The van der Waals surface area contributed by atoms with Gasteiger partial charge < -0.3 is 29.3 Å². The number of carboxylic acid groups (broad SMARTS) is 1. The first-order valence-corrected chi connectivity index (χ1v) is 10.3. The van der Waals surface area contributed by atoms with E-state index in [0.29, 0.717) is 31.7 Å². The van der Waals surface area contributed by atoms with Crippen molar-refractivity contribution in [2.75, 3.05) is 37.7 Å². The fourth-order valence-electron chi connectivity index (χ4n) is 4.17.